The molecule has 1 unspecified atom stereocenters. The molecule has 5 nitrogen and oxygen atoms in total. The first-order valence-corrected chi connectivity index (χ1v) is 6.84. The molecule has 21 heavy (non-hydrogen) atoms. The van der Waals surface area contributed by atoms with Crippen LogP contribution < -0.4 is 20.7 Å². The van der Waals surface area contributed by atoms with Crippen LogP contribution in [0, 0.1) is 0 Å². The monoisotopic (exact) mass is 327 g/mol. The van der Waals surface area contributed by atoms with E-state index in [4.69, 9.17) is 38.5 Å². The molecule has 1 heterocycles. The van der Waals surface area contributed by atoms with Gasteiger partial charge in [0.15, 0.2) is 0 Å². The Morgan fingerprint density at radius 1 is 1.10 bits per heavy atom. The van der Waals surface area contributed by atoms with Crippen LogP contribution in [0.2, 0.25) is 10.0 Å². The van der Waals surface area contributed by atoms with Gasteiger partial charge in [0.2, 0.25) is 0 Å². The highest BCUT2D eigenvalue weighted by Gasteiger charge is 2.19. The van der Waals surface area contributed by atoms with Crippen molar-refractivity contribution in [3.05, 3.63) is 51.8 Å². The summed E-state index contributed by atoms with van der Waals surface area (Å²) < 4.78 is 10.5. The fourth-order valence-electron chi connectivity index (χ4n) is 1.97. The molecule has 1 aromatic carbocycles. The normalized spacial score (nSPS) is 12.0. The largest absolute Gasteiger partial charge is 0.497 e. The van der Waals surface area contributed by atoms with E-state index in [1.165, 1.54) is 6.20 Å². The lowest BCUT2D eigenvalue weighted by molar-refractivity contribution is 0.392. The summed E-state index contributed by atoms with van der Waals surface area (Å²) in [5.74, 6) is 6.96. The molecule has 0 aliphatic heterocycles. The zero-order chi connectivity index (χ0) is 15.4. The van der Waals surface area contributed by atoms with Crippen molar-refractivity contribution in [1.29, 1.82) is 0 Å². The van der Waals surface area contributed by atoms with Gasteiger partial charge in [-0.2, -0.15) is 0 Å². The second kappa shape index (κ2) is 6.95. The van der Waals surface area contributed by atoms with Gasteiger partial charge in [-0.15, -0.1) is 0 Å². The topological polar surface area (TPSA) is 69.4 Å². The molecule has 0 saturated carbocycles. The molecule has 112 valence electrons. The van der Waals surface area contributed by atoms with Crippen LogP contribution in [-0.2, 0) is 0 Å². The highest BCUT2D eigenvalue weighted by molar-refractivity contribution is 6.34. The van der Waals surface area contributed by atoms with E-state index >= 15 is 0 Å². The molecule has 0 saturated heterocycles. The molecule has 0 spiro atoms. The lowest BCUT2D eigenvalue weighted by Gasteiger charge is -2.19. The van der Waals surface area contributed by atoms with Crippen molar-refractivity contribution >= 4 is 23.2 Å². The molecule has 1 atom stereocenters. The van der Waals surface area contributed by atoms with Crippen LogP contribution in [-0.4, -0.2) is 19.2 Å². The summed E-state index contributed by atoms with van der Waals surface area (Å²) in [6, 6.07) is 6.64. The molecular weight excluding hydrogens is 313 g/mol. The summed E-state index contributed by atoms with van der Waals surface area (Å²) in [6.07, 6.45) is 1.52. The zero-order valence-electron chi connectivity index (χ0n) is 11.6. The van der Waals surface area contributed by atoms with Crippen molar-refractivity contribution in [2.24, 2.45) is 5.84 Å². The van der Waals surface area contributed by atoms with Crippen molar-refractivity contribution in [1.82, 2.24) is 10.4 Å². The Labute approximate surface area is 132 Å². The van der Waals surface area contributed by atoms with Crippen LogP contribution in [0.3, 0.4) is 0 Å². The van der Waals surface area contributed by atoms with Crippen molar-refractivity contribution in [2.75, 3.05) is 14.2 Å². The minimum atomic E-state index is -0.418. The van der Waals surface area contributed by atoms with E-state index < -0.39 is 6.04 Å². The molecule has 0 amide bonds. The van der Waals surface area contributed by atoms with Gasteiger partial charge in [0, 0.05) is 12.3 Å². The molecule has 3 N–H and O–H groups in total. The number of halogens is 2. The first-order valence-electron chi connectivity index (χ1n) is 6.09. The summed E-state index contributed by atoms with van der Waals surface area (Å²) in [6.45, 7) is 0. The molecule has 2 aromatic rings. The Balaban J connectivity index is 2.50. The molecule has 2 rings (SSSR count). The second-order valence-corrected chi connectivity index (χ2v) is 5.11. The number of hydrazine groups is 1. The predicted molar refractivity (Wildman–Crippen MR) is 83.0 cm³/mol. The lowest BCUT2D eigenvalue weighted by Crippen LogP contribution is -2.29. The summed E-state index contributed by atoms with van der Waals surface area (Å²) in [5, 5.41) is 0.884. The quantitative estimate of drug-likeness (QED) is 0.652. The molecular formula is C14H15Cl2N3O2. The summed E-state index contributed by atoms with van der Waals surface area (Å²) >= 11 is 12.1. The first kappa shape index (κ1) is 15.9. The van der Waals surface area contributed by atoms with Crippen molar-refractivity contribution in [3.8, 4) is 11.5 Å². The van der Waals surface area contributed by atoms with Crippen LogP contribution in [0.1, 0.15) is 17.3 Å². The van der Waals surface area contributed by atoms with Gasteiger partial charge in [-0.3, -0.25) is 10.8 Å². The first-order chi connectivity index (χ1) is 10.1. The third kappa shape index (κ3) is 3.57. The van der Waals surface area contributed by atoms with Gasteiger partial charge in [0.05, 0.1) is 36.0 Å². The van der Waals surface area contributed by atoms with Crippen LogP contribution in [0.4, 0.5) is 0 Å². The van der Waals surface area contributed by atoms with Gasteiger partial charge >= 0.3 is 0 Å². The zero-order valence-corrected chi connectivity index (χ0v) is 13.1. The SMILES string of the molecule is COc1cc(OC)cc(C(NN)c2ncc(Cl)cc2Cl)c1. The van der Waals surface area contributed by atoms with Crippen molar-refractivity contribution < 1.29 is 9.47 Å². The van der Waals surface area contributed by atoms with Crippen LogP contribution in [0.5, 0.6) is 11.5 Å². The summed E-state index contributed by atoms with van der Waals surface area (Å²) in [5.41, 5.74) is 4.08. The number of ether oxygens (including phenoxy) is 2. The molecule has 0 radical (unpaired) electrons. The van der Waals surface area contributed by atoms with Gasteiger partial charge in [-0.1, -0.05) is 23.2 Å². The van der Waals surface area contributed by atoms with Gasteiger partial charge in [-0.05, 0) is 23.8 Å². The van der Waals surface area contributed by atoms with Crippen molar-refractivity contribution in [2.45, 2.75) is 6.04 Å². The Morgan fingerprint density at radius 3 is 2.19 bits per heavy atom. The maximum atomic E-state index is 6.20. The number of aromatic nitrogens is 1. The minimum Gasteiger partial charge on any atom is -0.497 e. The number of pyridine rings is 1. The van der Waals surface area contributed by atoms with E-state index in [9.17, 15) is 0 Å². The number of hydrogen-bond acceptors (Lipinski definition) is 5. The average molecular weight is 328 g/mol. The minimum absolute atomic E-state index is 0.418. The van der Waals surface area contributed by atoms with E-state index in [1.807, 2.05) is 12.1 Å². The van der Waals surface area contributed by atoms with Gasteiger partial charge in [0.25, 0.3) is 0 Å². The molecule has 0 fully saturated rings. The number of nitrogens with two attached hydrogens (primary N) is 1. The van der Waals surface area contributed by atoms with Gasteiger partial charge in [0.1, 0.15) is 11.5 Å². The van der Waals surface area contributed by atoms with E-state index in [1.54, 1.807) is 26.4 Å². The predicted octanol–water partition coefficient (Wildman–Crippen LogP) is 2.96. The highest BCUT2D eigenvalue weighted by atomic mass is 35.5. The number of nitrogens with zero attached hydrogens (tertiary/aromatic N) is 1. The summed E-state index contributed by atoms with van der Waals surface area (Å²) in [4.78, 5) is 4.25. The fraction of sp³-hybridized carbons (Fsp3) is 0.214. The van der Waals surface area contributed by atoms with E-state index in [0.29, 0.717) is 27.2 Å². The van der Waals surface area contributed by atoms with E-state index in [2.05, 4.69) is 10.4 Å². The maximum Gasteiger partial charge on any atom is 0.122 e. The van der Waals surface area contributed by atoms with Gasteiger partial charge in [-0.25, -0.2) is 5.43 Å². The molecule has 0 aliphatic carbocycles. The number of methoxy groups -OCH3 is 2. The second-order valence-electron chi connectivity index (χ2n) is 4.27. The van der Waals surface area contributed by atoms with Gasteiger partial charge < -0.3 is 9.47 Å². The molecule has 1 aromatic heterocycles. The van der Waals surface area contributed by atoms with Crippen LogP contribution in [0.15, 0.2) is 30.5 Å². The fourth-order valence-corrected chi connectivity index (χ4v) is 2.46. The number of benzene rings is 1. The number of rotatable bonds is 5. The van der Waals surface area contributed by atoms with Crippen molar-refractivity contribution in [3.63, 3.8) is 0 Å². The van der Waals surface area contributed by atoms with E-state index in [-0.39, 0.29) is 0 Å². The molecule has 0 aliphatic rings. The third-order valence-electron chi connectivity index (χ3n) is 2.98. The smallest absolute Gasteiger partial charge is 0.122 e. The Hall–Kier alpha value is -1.53. The maximum absolute atomic E-state index is 6.20. The molecule has 0 bridgehead atoms. The molecule has 7 heteroatoms. The van der Waals surface area contributed by atoms with Crippen LogP contribution in [0.25, 0.3) is 0 Å². The standard InChI is InChI=1S/C14H15Cl2N3O2/c1-20-10-3-8(4-11(6-10)21-2)13(19-17)14-12(16)5-9(15)7-18-14/h3-7,13,19H,17H2,1-2H3. The Bertz CT molecular complexity index is 615. The Kier molecular flexibility index (Phi) is 5.25. The lowest BCUT2D eigenvalue weighted by atomic mass is 10.0. The highest BCUT2D eigenvalue weighted by Crippen LogP contribution is 2.32. The van der Waals surface area contributed by atoms with E-state index in [0.717, 1.165) is 5.56 Å². The Morgan fingerprint density at radius 2 is 1.71 bits per heavy atom. The third-order valence-corrected chi connectivity index (χ3v) is 3.49. The average Bonchev–Trinajstić information content (AvgIpc) is 2.49. The summed E-state index contributed by atoms with van der Waals surface area (Å²) in [7, 11) is 3.16. The van der Waals surface area contributed by atoms with Crippen LogP contribution >= 0.6 is 23.2 Å². The number of nitrogens with one attached hydrogen (secondary N) is 1. The number of hydrogen-bond donors (Lipinski definition) is 2.